The van der Waals surface area contributed by atoms with Crippen LogP contribution in [0.15, 0.2) is 48.5 Å². The molecule has 1 aromatic heterocycles. The van der Waals surface area contributed by atoms with Crippen LogP contribution in [0.5, 0.6) is 11.5 Å². The third-order valence-corrected chi connectivity index (χ3v) is 5.50. The van der Waals surface area contributed by atoms with Gasteiger partial charge in [0.05, 0.1) is 12.2 Å². The highest BCUT2D eigenvalue weighted by atomic mass is 16.7. The number of carbonyl (C=O) groups excluding carboxylic acids is 1. The van der Waals surface area contributed by atoms with Gasteiger partial charge in [0.1, 0.15) is 0 Å². The monoisotopic (exact) mass is 406 g/mol. The van der Waals surface area contributed by atoms with E-state index in [9.17, 15) is 4.79 Å². The molecule has 2 aliphatic heterocycles. The summed E-state index contributed by atoms with van der Waals surface area (Å²) in [6, 6.07) is 15.3. The summed E-state index contributed by atoms with van der Waals surface area (Å²) in [5, 5.41) is 15.1. The van der Waals surface area contributed by atoms with E-state index in [4.69, 9.17) is 9.47 Å². The molecule has 1 saturated heterocycles. The molecular weight excluding hydrogens is 384 g/mol. The smallest absolute Gasteiger partial charge is 0.231 e. The van der Waals surface area contributed by atoms with Crippen LogP contribution in [0.2, 0.25) is 0 Å². The van der Waals surface area contributed by atoms with Crippen LogP contribution in [0.25, 0.3) is 5.69 Å². The second-order valence-electron chi connectivity index (χ2n) is 7.45. The van der Waals surface area contributed by atoms with Crippen molar-refractivity contribution in [2.75, 3.05) is 25.2 Å². The lowest BCUT2D eigenvalue weighted by Crippen LogP contribution is -2.38. The summed E-state index contributed by atoms with van der Waals surface area (Å²) in [5.74, 6) is 2.20. The second kappa shape index (κ2) is 8.11. The molecule has 9 heteroatoms. The lowest BCUT2D eigenvalue weighted by Gasteiger charge is -2.30. The fourth-order valence-corrected chi connectivity index (χ4v) is 3.85. The van der Waals surface area contributed by atoms with Gasteiger partial charge in [-0.15, -0.1) is 5.10 Å². The van der Waals surface area contributed by atoms with Gasteiger partial charge < -0.3 is 14.8 Å². The number of para-hydroxylation sites is 1. The Bertz CT molecular complexity index is 1030. The molecule has 3 heterocycles. The summed E-state index contributed by atoms with van der Waals surface area (Å²) in [6.07, 6.45) is 1.59. The number of rotatable bonds is 5. The van der Waals surface area contributed by atoms with Crippen molar-refractivity contribution >= 4 is 11.6 Å². The van der Waals surface area contributed by atoms with Crippen molar-refractivity contribution in [1.82, 2.24) is 25.1 Å². The Hall–Kier alpha value is -3.46. The Kier molecular flexibility index (Phi) is 5.02. The average molecular weight is 406 g/mol. The minimum absolute atomic E-state index is 0.0169. The van der Waals surface area contributed by atoms with Gasteiger partial charge in [0.25, 0.3) is 0 Å². The molecule has 9 nitrogen and oxygen atoms in total. The molecule has 0 radical (unpaired) electrons. The third kappa shape index (κ3) is 3.84. The number of nitrogens with one attached hydrogen (secondary N) is 1. The summed E-state index contributed by atoms with van der Waals surface area (Å²) >= 11 is 0. The highest BCUT2D eigenvalue weighted by Crippen LogP contribution is 2.34. The molecule has 2 aliphatic rings. The van der Waals surface area contributed by atoms with Crippen LogP contribution < -0.4 is 14.8 Å². The first-order valence-electron chi connectivity index (χ1n) is 10.0. The van der Waals surface area contributed by atoms with E-state index in [1.165, 1.54) is 0 Å². The number of aromatic nitrogens is 4. The molecule has 3 aromatic rings. The first kappa shape index (κ1) is 18.6. The molecular formula is C21H22N6O3. The lowest BCUT2D eigenvalue weighted by molar-refractivity contribution is -0.121. The number of piperidine rings is 1. The summed E-state index contributed by atoms with van der Waals surface area (Å²) in [4.78, 5) is 15.0. The quantitative estimate of drug-likeness (QED) is 0.694. The van der Waals surface area contributed by atoms with Gasteiger partial charge in [0.2, 0.25) is 12.7 Å². The van der Waals surface area contributed by atoms with Crippen molar-refractivity contribution in [2.45, 2.75) is 19.4 Å². The molecule has 0 spiro atoms. The van der Waals surface area contributed by atoms with E-state index in [0.717, 1.165) is 43.1 Å². The maximum atomic E-state index is 12.7. The summed E-state index contributed by atoms with van der Waals surface area (Å²) in [7, 11) is 0. The number of nitrogens with zero attached hydrogens (tertiary/aromatic N) is 5. The largest absolute Gasteiger partial charge is 0.454 e. The predicted octanol–water partition coefficient (Wildman–Crippen LogP) is 2.24. The van der Waals surface area contributed by atoms with E-state index in [1.54, 1.807) is 10.7 Å². The number of hydrogen-bond donors (Lipinski definition) is 1. The van der Waals surface area contributed by atoms with Crippen LogP contribution in [0.3, 0.4) is 0 Å². The third-order valence-electron chi connectivity index (χ3n) is 5.50. The van der Waals surface area contributed by atoms with Crippen molar-refractivity contribution in [3.05, 3.63) is 54.4 Å². The molecule has 154 valence electrons. The Labute approximate surface area is 173 Å². The van der Waals surface area contributed by atoms with Gasteiger partial charge in [-0.3, -0.25) is 9.69 Å². The maximum Gasteiger partial charge on any atom is 0.231 e. The number of tetrazole rings is 1. The van der Waals surface area contributed by atoms with Crippen molar-refractivity contribution in [1.29, 1.82) is 0 Å². The van der Waals surface area contributed by atoms with Gasteiger partial charge in [-0.1, -0.05) is 18.2 Å². The summed E-state index contributed by atoms with van der Waals surface area (Å²) in [5.41, 5.74) is 1.67. The van der Waals surface area contributed by atoms with Crippen LogP contribution in [-0.2, 0) is 11.3 Å². The minimum Gasteiger partial charge on any atom is -0.454 e. The summed E-state index contributed by atoms with van der Waals surface area (Å²) in [6.45, 7) is 2.51. The molecule has 1 fully saturated rings. The number of ether oxygens (including phenoxy) is 2. The minimum atomic E-state index is -0.0169. The Morgan fingerprint density at radius 1 is 1.07 bits per heavy atom. The Morgan fingerprint density at radius 3 is 2.70 bits per heavy atom. The molecule has 0 unspecified atom stereocenters. The van der Waals surface area contributed by atoms with Gasteiger partial charge in [-0.05, 0) is 60.6 Å². The number of likely N-dealkylation sites (tertiary alicyclic amines) is 1. The number of carbonyl (C=O) groups is 1. The van der Waals surface area contributed by atoms with E-state index < -0.39 is 0 Å². The van der Waals surface area contributed by atoms with Crippen molar-refractivity contribution < 1.29 is 14.3 Å². The van der Waals surface area contributed by atoms with Gasteiger partial charge in [-0.25, -0.2) is 0 Å². The fourth-order valence-electron chi connectivity index (χ4n) is 3.85. The van der Waals surface area contributed by atoms with Crippen LogP contribution >= 0.6 is 0 Å². The Balaban J connectivity index is 1.16. The molecule has 2 aromatic carbocycles. The molecule has 1 N–H and O–H groups in total. The van der Waals surface area contributed by atoms with Crippen molar-refractivity contribution in [3.63, 3.8) is 0 Å². The van der Waals surface area contributed by atoms with Crippen LogP contribution in [-0.4, -0.2) is 50.9 Å². The molecule has 5 rings (SSSR count). The highest BCUT2D eigenvalue weighted by molar-refractivity contribution is 5.93. The standard InChI is InChI=1S/C21H22N6O3/c28-21(22-16-6-7-18-19(12-16)30-14-29-18)15-8-10-26(11-9-15)13-20-23-24-25-27(20)17-4-2-1-3-5-17/h1-7,12,15H,8-11,13-14H2,(H,22,28). The zero-order valence-corrected chi connectivity index (χ0v) is 16.4. The number of hydrogen-bond acceptors (Lipinski definition) is 7. The van der Waals surface area contributed by atoms with Gasteiger partial charge in [-0.2, -0.15) is 4.68 Å². The van der Waals surface area contributed by atoms with E-state index >= 15 is 0 Å². The summed E-state index contributed by atoms with van der Waals surface area (Å²) < 4.78 is 12.4. The lowest BCUT2D eigenvalue weighted by atomic mass is 9.95. The number of benzene rings is 2. The van der Waals surface area contributed by atoms with Gasteiger partial charge in [0.15, 0.2) is 17.3 Å². The Morgan fingerprint density at radius 2 is 1.87 bits per heavy atom. The normalized spacial score (nSPS) is 16.5. The second-order valence-corrected chi connectivity index (χ2v) is 7.45. The first-order chi connectivity index (χ1) is 14.8. The maximum absolute atomic E-state index is 12.7. The molecule has 30 heavy (non-hydrogen) atoms. The molecule has 1 amide bonds. The average Bonchev–Trinajstić information content (AvgIpc) is 3.44. The zero-order chi connectivity index (χ0) is 20.3. The predicted molar refractivity (Wildman–Crippen MR) is 108 cm³/mol. The van der Waals surface area contributed by atoms with Crippen molar-refractivity contribution in [3.8, 4) is 17.2 Å². The fraction of sp³-hybridized carbons (Fsp3) is 0.333. The van der Waals surface area contributed by atoms with E-state index in [2.05, 4.69) is 25.7 Å². The van der Waals surface area contributed by atoms with Crippen LogP contribution in [0.4, 0.5) is 5.69 Å². The van der Waals surface area contributed by atoms with Crippen molar-refractivity contribution in [2.24, 2.45) is 5.92 Å². The topological polar surface area (TPSA) is 94.4 Å². The SMILES string of the molecule is O=C(Nc1ccc2c(c1)OCO2)C1CCN(Cc2nnnn2-c2ccccc2)CC1. The number of anilines is 1. The number of fused-ring (bicyclic) bond motifs is 1. The number of amides is 1. The molecule has 0 aliphatic carbocycles. The van der Waals surface area contributed by atoms with E-state index in [0.29, 0.717) is 18.0 Å². The first-order valence-corrected chi connectivity index (χ1v) is 10.0. The zero-order valence-electron chi connectivity index (χ0n) is 16.4. The van der Waals surface area contributed by atoms with Crippen LogP contribution in [0, 0.1) is 5.92 Å². The molecule has 0 bridgehead atoms. The van der Waals surface area contributed by atoms with E-state index in [-0.39, 0.29) is 18.6 Å². The van der Waals surface area contributed by atoms with Gasteiger partial charge in [0, 0.05) is 17.7 Å². The van der Waals surface area contributed by atoms with Gasteiger partial charge >= 0.3 is 0 Å². The highest BCUT2D eigenvalue weighted by Gasteiger charge is 2.26. The molecule has 0 atom stereocenters. The van der Waals surface area contributed by atoms with Crippen LogP contribution in [0.1, 0.15) is 18.7 Å². The molecule has 0 saturated carbocycles. The van der Waals surface area contributed by atoms with E-state index in [1.807, 2.05) is 42.5 Å².